The van der Waals surface area contributed by atoms with Crippen LogP contribution in [0.1, 0.15) is 41.0 Å². The van der Waals surface area contributed by atoms with Crippen molar-refractivity contribution < 1.29 is 0 Å². The van der Waals surface area contributed by atoms with Crippen molar-refractivity contribution in [3.8, 4) is 0 Å². The summed E-state index contributed by atoms with van der Waals surface area (Å²) in [6, 6.07) is 9.49. The first-order chi connectivity index (χ1) is 9.58. The summed E-state index contributed by atoms with van der Waals surface area (Å²) in [5.41, 5.74) is 4.11. The quantitative estimate of drug-likeness (QED) is 0.733. The van der Waals surface area contributed by atoms with E-state index in [0.29, 0.717) is 6.04 Å². The van der Waals surface area contributed by atoms with Crippen LogP contribution in [-0.4, -0.2) is 6.54 Å². The second kappa shape index (κ2) is 7.39. The number of hydrogen-bond acceptors (Lipinski definition) is 2. The van der Waals surface area contributed by atoms with Crippen molar-refractivity contribution >= 4 is 27.3 Å². The van der Waals surface area contributed by atoms with Crippen LogP contribution in [-0.2, 0) is 6.42 Å². The van der Waals surface area contributed by atoms with Gasteiger partial charge in [0.2, 0.25) is 0 Å². The predicted octanol–water partition coefficient (Wildman–Crippen LogP) is 5.41. The van der Waals surface area contributed by atoms with E-state index in [4.69, 9.17) is 0 Å². The van der Waals surface area contributed by atoms with Gasteiger partial charge in [-0.25, -0.2) is 0 Å². The molecule has 2 rings (SSSR count). The summed E-state index contributed by atoms with van der Waals surface area (Å²) in [4.78, 5) is 1.41. The van der Waals surface area contributed by atoms with Crippen molar-refractivity contribution in [3.05, 3.63) is 55.7 Å². The average molecular weight is 352 g/mol. The fourth-order valence-corrected chi connectivity index (χ4v) is 4.05. The van der Waals surface area contributed by atoms with Gasteiger partial charge in [0.1, 0.15) is 0 Å². The van der Waals surface area contributed by atoms with Crippen molar-refractivity contribution in [2.75, 3.05) is 6.54 Å². The maximum atomic E-state index is 3.68. The van der Waals surface area contributed by atoms with E-state index >= 15 is 0 Å². The summed E-state index contributed by atoms with van der Waals surface area (Å²) < 4.78 is 1.18. The van der Waals surface area contributed by atoms with Crippen molar-refractivity contribution in [1.82, 2.24) is 5.32 Å². The SMILES string of the molecule is CCCNC(Cc1cc(C)cc(C)c1)c1cc(Br)cs1. The molecule has 0 aliphatic carbocycles. The van der Waals surface area contributed by atoms with E-state index in [1.165, 1.54) is 26.0 Å². The van der Waals surface area contributed by atoms with Gasteiger partial charge < -0.3 is 5.32 Å². The molecule has 0 radical (unpaired) electrons. The molecular weight excluding hydrogens is 330 g/mol. The zero-order valence-corrected chi connectivity index (χ0v) is 14.8. The number of halogens is 1. The van der Waals surface area contributed by atoms with Crippen molar-refractivity contribution in [1.29, 1.82) is 0 Å². The molecule has 1 nitrogen and oxygen atoms in total. The lowest BCUT2D eigenvalue weighted by Gasteiger charge is -2.18. The third-order valence-electron chi connectivity index (χ3n) is 3.29. The van der Waals surface area contributed by atoms with Gasteiger partial charge in [0.25, 0.3) is 0 Å². The average Bonchev–Trinajstić information content (AvgIpc) is 2.80. The molecule has 0 amide bonds. The van der Waals surface area contributed by atoms with E-state index < -0.39 is 0 Å². The first-order valence-corrected chi connectivity index (χ1v) is 8.80. The van der Waals surface area contributed by atoms with Crippen molar-refractivity contribution in [3.63, 3.8) is 0 Å². The zero-order valence-electron chi connectivity index (χ0n) is 12.4. The Morgan fingerprint density at radius 1 is 1.15 bits per heavy atom. The Morgan fingerprint density at radius 3 is 2.40 bits per heavy atom. The van der Waals surface area contributed by atoms with Gasteiger partial charge >= 0.3 is 0 Å². The Balaban J connectivity index is 2.18. The van der Waals surface area contributed by atoms with Crippen LogP contribution in [0, 0.1) is 13.8 Å². The third-order valence-corrected chi connectivity index (χ3v) is 5.10. The smallest absolute Gasteiger partial charge is 0.0456 e. The Bertz CT molecular complexity index is 542. The molecule has 2 aromatic rings. The van der Waals surface area contributed by atoms with Crippen LogP contribution < -0.4 is 5.32 Å². The standard InChI is InChI=1S/C17H22BrNS/c1-4-5-19-16(17-10-15(18)11-20-17)9-14-7-12(2)6-13(3)8-14/h6-8,10-11,16,19H,4-5,9H2,1-3H3. The van der Waals surface area contributed by atoms with Gasteiger partial charge in [-0.2, -0.15) is 0 Å². The molecule has 1 aromatic heterocycles. The summed E-state index contributed by atoms with van der Waals surface area (Å²) >= 11 is 5.39. The van der Waals surface area contributed by atoms with E-state index in [1.807, 2.05) is 11.3 Å². The summed E-state index contributed by atoms with van der Waals surface area (Å²) in [5, 5.41) is 5.84. The highest BCUT2D eigenvalue weighted by molar-refractivity contribution is 9.10. The minimum absolute atomic E-state index is 0.410. The monoisotopic (exact) mass is 351 g/mol. The molecule has 0 saturated carbocycles. The number of rotatable bonds is 6. The highest BCUT2D eigenvalue weighted by atomic mass is 79.9. The molecule has 1 unspecified atom stereocenters. The van der Waals surface area contributed by atoms with E-state index in [1.54, 1.807) is 0 Å². The molecule has 0 spiro atoms. The molecule has 20 heavy (non-hydrogen) atoms. The summed E-state index contributed by atoms with van der Waals surface area (Å²) in [5.74, 6) is 0. The zero-order chi connectivity index (χ0) is 14.5. The molecule has 0 aliphatic rings. The predicted molar refractivity (Wildman–Crippen MR) is 92.7 cm³/mol. The lowest BCUT2D eigenvalue weighted by atomic mass is 10.0. The van der Waals surface area contributed by atoms with Gasteiger partial charge in [-0.1, -0.05) is 36.2 Å². The lowest BCUT2D eigenvalue weighted by molar-refractivity contribution is 0.536. The number of aryl methyl sites for hydroxylation is 2. The number of benzene rings is 1. The first kappa shape index (κ1) is 15.7. The number of nitrogens with one attached hydrogen (secondary N) is 1. The largest absolute Gasteiger partial charge is 0.309 e. The normalized spacial score (nSPS) is 12.6. The topological polar surface area (TPSA) is 12.0 Å². The van der Waals surface area contributed by atoms with Gasteiger partial charge in [-0.15, -0.1) is 11.3 Å². The van der Waals surface area contributed by atoms with Crippen LogP contribution in [0.5, 0.6) is 0 Å². The Kier molecular flexibility index (Phi) is 5.82. The van der Waals surface area contributed by atoms with E-state index in [2.05, 4.69) is 71.7 Å². The molecule has 0 aliphatic heterocycles. The molecule has 1 atom stereocenters. The molecule has 1 heterocycles. The molecular formula is C17H22BrNS. The van der Waals surface area contributed by atoms with Crippen molar-refractivity contribution in [2.45, 2.75) is 39.7 Å². The van der Waals surface area contributed by atoms with Gasteiger partial charge in [0.15, 0.2) is 0 Å². The molecule has 1 aromatic carbocycles. The second-order valence-electron chi connectivity index (χ2n) is 5.37. The summed E-state index contributed by atoms with van der Waals surface area (Å²) in [6.07, 6.45) is 2.21. The molecule has 0 bridgehead atoms. The van der Waals surface area contributed by atoms with Crippen LogP contribution in [0.15, 0.2) is 34.1 Å². The second-order valence-corrected chi connectivity index (χ2v) is 7.23. The minimum Gasteiger partial charge on any atom is -0.309 e. The summed E-state index contributed by atoms with van der Waals surface area (Å²) in [6.45, 7) is 7.62. The van der Waals surface area contributed by atoms with Gasteiger partial charge in [0, 0.05) is 20.8 Å². The Hall–Kier alpha value is -0.640. The molecule has 0 saturated heterocycles. The van der Waals surface area contributed by atoms with Crippen LogP contribution in [0.2, 0.25) is 0 Å². The molecule has 1 N–H and O–H groups in total. The number of thiophene rings is 1. The fourth-order valence-electron chi connectivity index (χ4n) is 2.53. The first-order valence-electron chi connectivity index (χ1n) is 7.13. The summed E-state index contributed by atoms with van der Waals surface area (Å²) in [7, 11) is 0. The minimum atomic E-state index is 0.410. The van der Waals surface area contributed by atoms with E-state index in [-0.39, 0.29) is 0 Å². The van der Waals surface area contributed by atoms with Crippen LogP contribution in [0.3, 0.4) is 0 Å². The van der Waals surface area contributed by atoms with Gasteiger partial charge in [-0.05, 0) is 60.8 Å². The Labute approximate surface area is 134 Å². The number of hydrogen-bond donors (Lipinski definition) is 1. The highest BCUT2D eigenvalue weighted by Crippen LogP contribution is 2.28. The van der Waals surface area contributed by atoms with Crippen LogP contribution in [0.25, 0.3) is 0 Å². The molecule has 0 fully saturated rings. The molecule has 108 valence electrons. The third kappa shape index (κ3) is 4.44. The van der Waals surface area contributed by atoms with Gasteiger partial charge in [0.05, 0.1) is 0 Å². The maximum absolute atomic E-state index is 3.68. The van der Waals surface area contributed by atoms with Crippen LogP contribution >= 0.6 is 27.3 Å². The highest BCUT2D eigenvalue weighted by Gasteiger charge is 2.14. The van der Waals surface area contributed by atoms with Crippen molar-refractivity contribution in [2.24, 2.45) is 0 Å². The maximum Gasteiger partial charge on any atom is 0.0456 e. The van der Waals surface area contributed by atoms with Gasteiger partial charge in [-0.3, -0.25) is 0 Å². The Morgan fingerprint density at radius 2 is 1.85 bits per heavy atom. The lowest BCUT2D eigenvalue weighted by Crippen LogP contribution is -2.23. The van der Waals surface area contributed by atoms with Crippen LogP contribution in [0.4, 0.5) is 0 Å². The fraction of sp³-hybridized carbons (Fsp3) is 0.412. The van der Waals surface area contributed by atoms with E-state index in [0.717, 1.165) is 19.4 Å². The van der Waals surface area contributed by atoms with E-state index in [9.17, 15) is 0 Å². The molecule has 3 heteroatoms.